The fourth-order valence-corrected chi connectivity index (χ4v) is 3.16. The van der Waals surface area contributed by atoms with Crippen LogP contribution in [0.1, 0.15) is 33.9 Å². The third-order valence-electron chi connectivity index (χ3n) is 4.68. The number of aromatic amines is 1. The molecule has 1 aromatic heterocycles. The molecule has 140 valence electrons. The number of aromatic nitrogens is 2. The van der Waals surface area contributed by atoms with Gasteiger partial charge in [0.1, 0.15) is 18.5 Å². The number of hydrogen-bond acceptors (Lipinski definition) is 3. The second kappa shape index (κ2) is 8.55. The monoisotopic (exact) mass is 370 g/mol. The van der Waals surface area contributed by atoms with Gasteiger partial charge in [0.15, 0.2) is 0 Å². The van der Waals surface area contributed by atoms with Crippen molar-refractivity contribution in [3.05, 3.63) is 119 Å². The lowest BCUT2D eigenvalue weighted by Crippen LogP contribution is -1.99. The lowest BCUT2D eigenvalue weighted by Gasteiger charge is -2.11. The molecular weight excluding hydrogens is 348 g/mol. The minimum atomic E-state index is -0.674. The van der Waals surface area contributed by atoms with Crippen molar-refractivity contribution in [2.24, 2.45) is 0 Å². The lowest BCUT2D eigenvalue weighted by molar-refractivity contribution is 0.220. The Hall–Kier alpha value is -3.37. The number of aliphatic hydroxyl groups is 1. The Bertz CT molecular complexity index is 996. The van der Waals surface area contributed by atoms with E-state index in [2.05, 4.69) is 40.5 Å². The Morgan fingerprint density at radius 3 is 2.36 bits per heavy atom. The first kappa shape index (κ1) is 18.0. The molecule has 4 aromatic rings. The summed E-state index contributed by atoms with van der Waals surface area (Å²) in [4.78, 5) is 0. The standard InChI is InChI=1S/C24H22N2O2/c27-24(22-15-25-26-16-22)21-8-4-7-20(14-21)13-18-9-11-23(12-10-18)28-17-19-5-2-1-3-6-19/h1-12,14-16,24,27H,13,17H2,(H,25,26). The van der Waals surface area contributed by atoms with Gasteiger partial charge < -0.3 is 9.84 Å². The highest BCUT2D eigenvalue weighted by atomic mass is 16.5. The van der Waals surface area contributed by atoms with E-state index in [9.17, 15) is 5.11 Å². The number of benzene rings is 3. The van der Waals surface area contributed by atoms with Crippen LogP contribution in [0.4, 0.5) is 0 Å². The summed E-state index contributed by atoms with van der Waals surface area (Å²) in [5.74, 6) is 0.858. The van der Waals surface area contributed by atoms with E-state index >= 15 is 0 Å². The fraction of sp³-hybridized carbons (Fsp3) is 0.125. The summed E-state index contributed by atoms with van der Waals surface area (Å²) in [6.45, 7) is 0.564. The number of nitrogens with one attached hydrogen (secondary N) is 1. The number of rotatable bonds is 7. The molecule has 1 atom stereocenters. The van der Waals surface area contributed by atoms with Gasteiger partial charge in [-0.15, -0.1) is 0 Å². The number of aliphatic hydroxyl groups excluding tert-OH is 1. The molecule has 0 fully saturated rings. The average molecular weight is 370 g/mol. The Kier molecular flexibility index (Phi) is 5.50. The topological polar surface area (TPSA) is 58.1 Å². The molecule has 1 heterocycles. The third kappa shape index (κ3) is 4.48. The number of nitrogens with zero attached hydrogens (tertiary/aromatic N) is 1. The number of ether oxygens (including phenoxy) is 1. The van der Waals surface area contributed by atoms with E-state index in [-0.39, 0.29) is 0 Å². The molecule has 0 aliphatic heterocycles. The molecule has 0 radical (unpaired) electrons. The molecule has 4 nitrogen and oxygen atoms in total. The first-order chi connectivity index (χ1) is 13.8. The molecule has 0 spiro atoms. The van der Waals surface area contributed by atoms with Crippen LogP contribution in [0.25, 0.3) is 0 Å². The van der Waals surface area contributed by atoms with Gasteiger partial charge in [-0.1, -0.05) is 66.7 Å². The summed E-state index contributed by atoms with van der Waals surface area (Å²) in [7, 11) is 0. The van der Waals surface area contributed by atoms with Gasteiger partial charge in [-0.05, 0) is 40.8 Å². The van der Waals surface area contributed by atoms with Crippen LogP contribution in [-0.2, 0) is 13.0 Å². The Balaban J connectivity index is 1.40. The van der Waals surface area contributed by atoms with E-state index in [0.29, 0.717) is 6.61 Å². The SMILES string of the molecule is OC(c1cn[nH]c1)c1cccc(Cc2ccc(OCc3ccccc3)cc2)c1. The third-order valence-corrected chi connectivity index (χ3v) is 4.68. The Morgan fingerprint density at radius 1 is 0.821 bits per heavy atom. The van der Waals surface area contributed by atoms with E-state index in [1.165, 1.54) is 5.56 Å². The van der Waals surface area contributed by atoms with Crippen LogP contribution in [-0.4, -0.2) is 15.3 Å². The fourth-order valence-electron chi connectivity index (χ4n) is 3.16. The first-order valence-electron chi connectivity index (χ1n) is 9.29. The molecule has 3 aromatic carbocycles. The smallest absolute Gasteiger partial charge is 0.119 e. The Labute approximate surface area is 164 Å². The van der Waals surface area contributed by atoms with Gasteiger partial charge in [0.2, 0.25) is 0 Å². The molecule has 2 N–H and O–H groups in total. The van der Waals surface area contributed by atoms with Gasteiger partial charge >= 0.3 is 0 Å². The summed E-state index contributed by atoms with van der Waals surface area (Å²) in [6, 6.07) is 26.3. The number of H-pyrrole nitrogens is 1. The summed E-state index contributed by atoms with van der Waals surface area (Å²) in [5, 5.41) is 17.1. The molecule has 4 heteroatoms. The molecule has 0 bridgehead atoms. The molecule has 4 rings (SSSR count). The minimum absolute atomic E-state index is 0.564. The highest BCUT2D eigenvalue weighted by molar-refractivity contribution is 5.35. The zero-order valence-corrected chi connectivity index (χ0v) is 15.5. The van der Waals surface area contributed by atoms with E-state index in [1.807, 2.05) is 48.5 Å². The molecule has 1 unspecified atom stereocenters. The summed E-state index contributed by atoms with van der Waals surface area (Å²) >= 11 is 0. The van der Waals surface area contributed by atoms with E-state index in [0.717, 1.165) is 34.4 Å². The quantitative estimate of drug-likeness (QED) is 0.497. The lowest BCUT2D eigenvalue weighted by atomic mass is 9.98. The number of hydrogen-bond donors (Lipinski definition) is 2. The van der Waals surface area contributed by atoms with Crippen molar-refractivity contribution in [2.45, 2.75) is 19.1 Å². The van der Waals surface area contributed by atoms with Gasteiger partial charge in [-0.25, -0.2) is 0 Å². The summed E-state index contributed by atoms with van der Waals surface area (Å²) in [6.07, 6.45) is 3.48. The second-order valence-electron chi connectivity index (χ2n) is 6.77. The van der Waals surface area contributed by atoms with Crippen LogP contribution in [0, 0.1) is 0 Å². The molecule has 28 heavy (non-hydrogen) atoms. The van der Waals surface area contributed by atoms with Crippen molar-refractivity contribution in [1.82, 2.24) is 10.2 Å². The molecule has 0 aliphatic carbocycles. The van der Waals surface area contributed by atoms with Gasteiger partial charge in [-0.2, -0.15) is 5.10 Å². The largest absolute Gasteiger partial charge is 0.489 e. The van der Waals surface area contributed by atoms with Crippen molar-refractivity contribution in [2.75, 3.05) is 0 Å². The van der Waals surface area contributed by atoms with Gasteiger partial charge in [0, 0.05) is 11.8 Å². The van der Waals surface area contributed by atoms with Crippen LogP contribution in [0.2, 0.25) is 0 Å². The highest BCUT2D eigenvalue weighted by Crippen LogP contribution is 2.23. The maximum Gasteiger partial charge on any atom is 0.119 e. The van der Waals surface area contributed by atoms with Crippen LogP contribution in [0.5, 0.6) is 5.75 Å². The van der Waals surface area contributed by atoms with Crippen LogP contribution in [0.15, 0.2) is 91.3 Å². The second-order valence-corrected chi connectivity index (χ2v) is 6.77. The molecule has 0 saturated carbocycles. The predicted molar refractivity (Wildman–Crippen MR) is 109 cm³/mol. The van der Waals surface area contributed by atoms with Crippen molar-refractivity contribution in [1.29, 1.82) is 0 Å². The van der Waals surface area contributed by atoms with Gasteiger partial charge in [0.25, 0.3) is 0 Å². The van der Waals surface area contributed by atoms with Crippen molar-refractivity contribution >= 4 is 0 Å². The highest BCUT2D eigenvalue weighted by Gasteiger charge is 2.12. The average Bonchev–Trinajstić information content (AvgIpc) is 3.29. The normalized spacial score (nSPS) is 11.9. The summed E-state index contributed by atoms with van der Waals surface area (Å²) < 4.78 is 5.85. The zero-order valence-electron chi connectivity index (χ0n) is 15.5. The van der Waals surface area contributed by atoms with E-state index < -0.39 is 6.10 Å². The molecule has 0 aliphatic rings. The van der Waals surface area contributed by atoms with E-state index in [4.69, 9.17) is 4.74 Å². The van der Waals surface area contributed by atoms with E-state index in [1.54, 1.807) is 12.4 Å². The molecular formula is C24H22N2O2. The minimum Gasteiger partial charge on any atom is -0.489 e. The maximum absolute atomic E-state index is 10.5. The van der Waals surface area contributed by atoms with Crippen molar-refractivity contribution in [3.63, 3.8) is 0 Å². The molecule has 0 amide bonds. The van der Waals surface area contributed by atoms with Crippen molar-refractivity contribution in [3.8, 4) is 5.75 Å². The Morgan fingerprint density at radius 2 is 1.61 bits per heavy atom. The molecule has 0 saturated heterocycles. The van der Waals surface area contributed by atoms with Gasteiger partial charge in [-0.3, -0.25) is 5.10 Å². The predicted octanol–water partition coefficient (Wildman–Crippen LogP) is 4.66. The zero-order chi connectivity index (χ0) is 19.2. The van der Waals surface area contributed by atoms with Crippen LogP contribution in [0.3, 0.4) is 0 Å². The van der Waals surface area contributed by atoms with Gasteiger partial charge in [0.05, 0.1) is 6.20 Å². The first-order valence-corrected chi connectivity index (χ1v) is 9.29. The maximum atomic E-state index is 10.5. The summed E-state index contributed by atoms with van der Waals surface area (Å²) in [5.41, 5.74) is 5.12. The van der Waals surface area contributed by atoms with Crippen LogP contribution >= 0.6 is 0 Å². The van der Waals surface area contributed by atoms with Crippen molar-refractivity contribution < 1.29 is 9.84 Å². The van der Waals surface area contributed by atoms with Crippen LogP contribution < -0.4 is 4.74 Å².